The lowest BCUT2D eigenvalue weighted by molar-refractivity contribution is 0.612. The van der Waals surface area contributed by atoms with E-state index in [0.29, 0.717) is 5.92 Å². The van der Waals surface area contributed by atoms with Gasteiger partial charge in [-0.15, -0.1) is 0 Å². The van der Waals surface area contributed by atoms with Crippen LogP contribution in [-0.2, 0) is 11.8 Å². The topological polar surface area (TPSA) is 11.4 Å². The third-order valence-electron chi connectivity index (χ3n) is 12.5. The van der Waals surface area contributed by atoms with Gasteiger partial charge in [0.15, 0.2) is 0 Å². The molecule has 0 amide bonds. The second-order valence-electron chi connectivity index (χ2n) is 16.2. The van der Waals surface area contributed by atoms with Crippen molar-refractivity contribution < 1.29 is 0 Å². The molecule has 1 aromatic heterocycles. The van der Waals surface area contributed by atoms with Crippen LogP contribution >= 0.6 is 0 Å². The van der Waals surface area contributed by atoms with E-state index < -0.39 is 0 Å². The van der Waals surface area contributed by atoms with E-state index in [4.69, 9.17) is 0 Å². The average Bonchev–Trinajstić information content (AvgIpc) is 3.72. The quantitative estimate of drug-likeness (QED) is 0.161. The number of para-hydroxylation sites is 5. The molecule has 3 nitrogen and oxygen atoms in total. The molecule has 1 atom stereocenters. The maximum atomic E-state index is 2.57. The summed E-state index contributed by atoms with van der Waals surface area (Å²) in [7, 11) is 0. The number of rotatable bonds is 7. The van der Waals surface area contributed by atoms with Gasteiger partial charge in [-0.2, -0.15) is 0 Å². The monoisotopic (exact) mass is 745 g/mol. The molecule has 2 aliphatic carbocycles. The summed E-state index contributed by atoms with van der Waals surface area (Å²) in [6, 6.07) is 72.8. The smallest absolute Gasteiger partial charge is 0.0537 e. The first-order chi connectivity index (χ1) is 28.5. The minimum atomic E-state index is -0.0907. The summed E-state index contributed by atoms with van der Waals surface area (Å²) in [4.78, 5) is 4.77. The maximum absolute atomic E-state index is 2.57. The zero-order valence-corrected chi connectivity index (χ0v) is 32.8. The summed E-state index contributed by atoms with van der Waals surface area (Å²) in [6.45, 7) is 4.88. The van der Waals surface area contributed by atoms with Crippen LogP contribution in [0.3, 0.4) is 0 Å². The van der Waals surface area contributed by atoms with Crippen molar-refractivity contribution in [1.29, 1.82) is 0 Å². The fraction of sp³-hybridized carbons (Fsp3) is 0.0909. The number of aromatic nitrogens is 1. The van der Waals surface area contributed by atoms with Gasteiger partial charge in [0.25, 0.3) is 0 Å². The molecular weight excluding hydrogens is 703 g/mol. The Morgan fingerprint density at radius 1 is 0.483 bits per heavy atom. The van der Waals surface area contributed by atoms with Crippen LogP contribution in [-0.4, -0.2) is 4.57 Å². The van der Waals surface area contributed by atoms with Crippen molar-refractivity contribution in [2.45, 2.75) is 31.6 Å². The Labute approximate surface area is 340 Å². The van der Waals surface area contributed by atoms with E-state index in [9.17, 15) is 0 Å². The number of fused-ring (bicyclic) bond motifs is 8. The van der Waals surface area contributed by atoms with Gasteiger partial charge in [-0.3, -0.25) is 0 Å². The van der Waals surface area contributed by atoms with E-state index in [0.717, 1.165) is 46.2 Å². The van der Waals surface area contributed by atoms with Crippen LogP contribution in [0.5, 0.6) is 0 Å². The Hall–Kier alpha value is -7.10. The molecule has 0 N–H and O–H groups in total. The van der Waals surface area contributed by atoms with Gasteiger partial charge in [0.05, 0.1) is 22.6 Å². The molecule has 0 aliphatic heterocycles. The Morgan fingerprint density at radius 3 is 1.52 bits per heavy atom. The van der Waals surface area contributed by atoms with Crippen molar-refractivity contribution in [2.24, 2.45) is 0 Å². The lowest BCUT2D eigenvalue weighted by Gasteiger charge is -2.31. The molecule has 2 aliphatic rings. The number of hydrogen-bond donors (Lipinski definition) is 0. The normalized spacial score (nSPS) is 15.1. The van der Waals surface area contributed by atoms with Gasteiger partial charge in [0, 0.05) is 50.7 Å². The Kier molecular flexibility index (Phi) is 7.97. The SMILES string of the molecule is CC1(C)C2=Cc3c(n(-c4cc(N(c5ccccc5)c5ccccc5)cc(N(c5ccccc5)c5ccccc5)c4)c4ccccc34)CC2c2ccc3ccccc3c21. The molecule has 0 saturated carbocycles. The number of benzene rings is 8. The van der Waals surface area contributed by atoms with Gasteiger partial charge in [0.2, 0.25) is 0 Å². The summed E-state index contributed by atoms with van der Waals surface area (Å²) in [5.41, 5.74) is 16.0. The predicted octanol–water partition coefficient (Wildman–Crippen LogP) is 14.7. The highest BCUT2D eigenvalue weighted by Gasteiger charge is 2.45. The van der Waals surface area contributed by atoms with Gasteiger partial charge in [-0.05, 0) is 101 Å². The van der Waals surface area contributed by atoms with Crippen molar-refractivity contribution in [3.8, 4) is 5.69 Å². The van der Waals surface area contributed by atoms with Crippen LogP contribution in [0.1, 0.15) is 42.1 Å². The third-order valence-corrected chi connectivity index (χ3v) is 12.5. The fourth-order valence-electron chi connectivity index (χ4n) is 10.0. The number of anilines is 6. The summed E-state index contributed by atoms with van der Waals surface area (Å²) >= 11 is 0. The highest BCUT2D eigenvalue weighted by molar-refractivity contribution is 5.97. The largest absolute Gasteiger partial charge is 0.313 e. The van der Waals surface area contributed by atoms with Crippen LogP contribution in [0, 0.1) is 0 Å². The minimum Gasteiger partial charge on any atom is -0.313 e. The molecule has 0 bridgehead atoms. The molecule has 1 unspecified atom stereocenters. The maximum Gasteiger partial charge on any atom is 0.0537 e. The van der Waals surface area contributed by atoms with Gasteiger partial charge < -0.3 is 14.4 Å². The van der Waals surface area contributed by atoms with Gasteiger partial charge >= 0.3 is 0 Å². The van der Waals surface area contributed by atoms with E-state index in [-0.39, 0.29) is 5.41 Å². The van der Waals surface area contributed by atoms with E-state index in [2.05, 4.69) is 234 Å². The van der Waals surface area contributed by atoms with Gasteiger partial charge in [0.1, 0.15) is 0 Å². The van der Waals surface area contributed by atoms with Crippen molar-refractivity contribution in [3.05, 3.63) is 228 Å². The first kappa shape index (κ1) is 34.2. The lowest BCUT2D eigenvalue weighted by Crippen LogP contribution is -2.20. The molecule has 11 rings (SSSR count). The third kappa shape index (κ3) is 5.42. The Bertz CT molecular complexity index is 2820. The second kappa shape index (κ2) is 13.5. The van der Waals surface area contributed by atoms with Crippen LogP contribution < -0.4 is 9.80 Å². The van der Waals surface area contributed by atoms with Gasteiger partial charge in [-0.25, -0.2) is 0 Å². The second-order valence-corrected chi connectivity index (χ2v) is 16.2. The zero-order chi connectivity index (χ0) is 38.8. The molecule has 9 aromatic rings. The van der Waals surface area contributed by atoms with E-state index in [1.165, 1.54) is 49.6 Å². The average molecular weight is 746 g/mol. The summed E-state index contributed by atoms with van der Waals surface area (Å²) in [5, 5.41) is 3.98. The van der Waals surface area contributed by atoms with Crippen LogP contribution in [0.4, 0.5) is 34.1 Å². The highest BCUT2D eigenvalue weighted by atomic mass is 15.2. The number of nitrogens with zero attached hydrogens (tertiary/aromatic N) is 3. The van der Waals surface area contributed by atoms with Gasteiger partial charge in [-0.1, -0.05) is 153 Å². The molecule has 8 aromatic carbocycles. The summed E-state index contributed by atoms with van der Waals surface area (Å²) < 4.78 is 2.57. The first-order valence-electron chi connectivity index (χ1n) is 20.4. The lowest BCUT2D eigenvalue weighted by atomic mass is 9.76. The molecule has 0 saturated heterocycles. The summed E-state index contributed by atoms with van der Waals surface area (Å²) in [6.07, 6.45) is 3.48. The number of allylic oxidation sites excluding steroid dienone is 1. The molecule has 0 spiro atoms. The van der Waals surface area contributed by atoms with Crippen LogP contribution in [0.2, 0.25) is 0 Å². The highest BCUT2D eigenvalue weighted by Crippen LogP contribution is 2.57. The van der Waals surface area contributed by atoms with Crippen molar-refractivity contribution in [1.82, 2.24) is 4.57 Å². The molecule has 0 radical (unpaired) electrons. The molecule has 278 valence electrons. The summed E-state index contributed by atoms with van der Waals surface area (Å²) in [5.74, 6) is 0.295. The van der Waals surface area contributed by atoms with Crippen molar-refractivity contribution >= 4 is 61.9 Å². The first-order valence-corrected chi connectivity index (χ1v) is 20.4. The molecule has 58 heavy (non-hydrogen) atoms. The number of hydrogen-bond acceptors (Lipinski definition) is 2. The van der Waals surface area contributed by atoms with Crippen LogP contribution in [0.15, 0.2) is 206 Å². The van der Waals surface area contributed by atoms with Crippen LogP contribution in [0.25, 0.3) is 33.4 Å². The van der Waals surface area contributed by atoms with E-state index >= 15 is 0 Å². The molecule has 3 heteroatoms. The minimum absolute atomic E-state index is 0.0907. The van der Waals surface area contributed by atoms with E-state index in [1.807, 2.05) is 0 Å². The van der Waals surface area contributed by atoms with E-state index in [1.54, 1.807) is 0 Å². The standard InChI is InChI=1S/C55H43N3/c1-55(2)51-36-50-47-29-17-18-30-52(47)58(53(50)37-49(51)48-32-31-38-19-15-16-28-46(38)54(48)55)45-34-43(56(39-20-7-3-8-21-39)40-22-9-4-10-23-40)33-44(35-45)57(41-24-11-5-12-25-41)42-26-13-6-14-27-42/h3-36,49H,37H2,1-2H3. The Balaban J connectivity index is 1.19. The zero-order valence-electron chi connectivity index (χ0n) is 32.8. The molecular formula is C55H43N3. The predicted molar refractivity (Wildman–Crippen MR) is 244 cm³/mol. The van der Waals surface area contributed by atoms with Crippen molar-refractivity contribution in [2.75, 3.05) is 9.80 Å². The Morgan fingerprint density at radius 2 is 0.966 bits per heavy atom. The molecule has 1 heterocycles. The fourth-order valence-corrected chi connectivity index (χ4v) is 10.0. The molecule has 0 fully saturated rings. The van der Waals surface area contributed by atoms with Crippen molar-refractivity contribution in [3.63, 3.8) is 0 Å².